The minimum absolute atomic E-state index is 0.547. The van der Waals surface area contributed by atoms with Crippen molar-refractivity contribution in [2.75, 3.05) is 32.1 Å². The van der Waals surface area contributed by atoms with Crippen LogP contribution < -0.4 is 15.0 Å². The van der Waals surface area contributed by atoms with Crippen LogP contribution in [0.15, 0.2) is 18.2 Å². The number of hydrogen-bond acceptors (Lipinski definition) is 3. The molecule has 0 spiro atoms. The first-order valence-electron chi connectivity index (χ1n) is 6.79. The third-order valence-corrected chi connectivity index (χ3v) is 3.97. The molecule has 0 amide bonds. The minimum atomic E-state index is 0.547. The maximum Gasteiger partial charge on any atom is 0.119 e. The molecule has 1 aromatic carbocycles. The van der Waals surface area contributed by atoms with Gasteiger partial charge in [-0.15, -0.1) is 0 Å². The fourth-order valence-electron chi connectivity index (χ4n) is 2.78. The minimum Gasteiger partial charge on any atom is -0.497 e. The van der Waals surface area contributed by atoms with Crippen LogP contribution in [0, 0.1) is 0 Å². The van der Waals surface area contributed by atoms with Crippen molar-refractivity contribution in [2.45, 2.75) is 32.2 Å². The maximum absolute atomic E-state index is 5.35. The van der Waals surface area contributed by atoms with Crippen molar-refractivity contribution in [1.29, 1.82) is 0 Å². The summed E-state index contributed by atoms with van der Waals surface area (Å²) in [6.45, 7) is 6.67. The first-order chi connectivity index (χ1) is 8.69. The van der Waals surface area contributed by atoms with E-state index in [1.54, 1.807) is 7.11 Å². The molecule has 0 aliphatic carbocycles. The lowest BCUT2D eigenvalue weighted by Crippen LogP contribution is -2.26. The zero-order valence-corrected chi connectivity index (χ0v) is 11.9. The van der Waals surface area contributed by atoms with Gasteiger partial charge in [0.25, 0.3) is 0 Å². The predicted molar refractivity (Wildman–Crippen MR) is 76.8 cm³/mol. The molecule has 2 rings (SSSR count). The van der Waals surface area contributed by atoms with E-state index in [0.29, 0.717) is 12.0 Å². The molecule has 0 saturated heterocycles. The molecule has 3 heteroatoms. The van der Waals surface area contributed by atoms with Crippen LogP contribution in [0.1, 0.15) is 31.7 Å². The quantitative estimate of drug-likeness (QED) is 0.867. The number of anilines is 1. The molecule has 0 radical (unpaired) electrons. The van der Waals surface area contributed by atoms with Crippen molar-refractivity contribution < 1.29 is 4.74 Å². The van der Waals surface area contributed by atoms with Crippen molar-refractivity contribution in [3.8, 4) is 5.75 Å². The van der Waals surface area contributed by atoms with E-state index in [1.807, 2.05) is 7.05 Å². The zero-order chi connectivity index (χ0) is 13.1. The highest BCUT2D eigenvalue weighted by molar-refractivity contribution is 5.62. The molecule has 0 fully saturated rings. The molecular formula is C15H24N2O. The van der Waals surface area contributed by atoms with Gasteiger partial charge in [0.2, 0.25) is 0 Å². The summed E-state index contributed by atoms with van der Waals surface area (Å²) in [6.07, 6.45) is 1.17. The monoisotopic (exact) mass is 248 g/mol. The molecule has 1 heterocycles. The summed E-state index contributed by atoms with van der Waals surface area (Å²) in [7, 11) is 3.77. The number of benzene rings is 1. The van der Waals surface area contributed by atoms with E-state index in [2.05, 4.69) is 42.3 Å². The topological polar surface area (TPSA) is 24.5 Å². The van der Waals surface area contributed by atoms with E-state index < -0.39 is 0 Å². The highest BCUT2D eigenvalue weighted by atomic mass is 16.5. The average Bonchev–Trinajstić information content (AvgIpc) is 2.75. The summed E-state index contributed by atoms with van der Waals surface area (Å²) in [5.41, 5.74) is 2.82. The van der Waals surface area contributed by atoms with Crippen LogP contribution in [-0.2, 0) is 0 Å². The number of rotatable bonds is 5. The molecule has 18 heavy (non-hydrogen) atoms. The standard InChI is InChI=1S/C15H24N2O/c1-5-17-10-12(8-11(2)16-3)14-9-13(18-4)6-7-15(14)17/h6-7,9,11-12,16H,5,8,10H2,1-4H3. The lowest BCUT2D eigenvalue weighted by molar-refractivity contribution is 0.413. The Labute approximate surface area is 110 Å². The molecule has 1 aliphatic heterocycles. The summed E-state index contributed by atoms with van der Waals surface area (Å²) in [5.74, 6) is 1.58. The number of fused-ring (bicyclic) bond motifs is 1. The normalized spacial score (nSPS) is 19.8. The Morgan fingerprint density at radius 3 is 2.89 bits per heavy atom. The Balaban J connectivity index is 2.26. The van der Waals surface area contributed by atoms with E-state index in [0.717, 1.165) is 18.8 Å². The number of likely N-dealkylation sites (N-methyl/N-ethyl adjacent to an activating group) is 1. The molecule has 0 bridgehead atoms. The van der Waals surface area contributed by atoms with Gasteiger partial charge in [0.15, 0.2) is 0 Å². The Bertz CT molecular complexity index is 403. The Hall–Kier alpha value is -1.22. The van der Waals surface area contributed by atoms with Gasteiger partial charge in [-0.05, 0) is 51.1 Å². The van der Waals surface area contributed by atoms with Crippen molar-refractivity contribution in [2.24, 2.45) is 0 Å². The predicted octanol–water partition coefficient (Wildman–Crippen LogP) is 2.62. The molecular weight excluding hydrogens is 224 g/mol. The Morgan fingerprint density at radius 2 is 2.28 bits per heavy atom. The van der Waals surface area contributed by atoms with Crippen molar-refractivity contribution in [3.05, 3.63) is 23.8 Å². The van der Waals surface area contributed by atoms with Crippen LogP contribution >= 0.6 is 0 Å². The zero-order valence-electron chi connectivity index (χ0n) is 11.9. The number of hydrogen-bond donors (Lipinski definition) is 1. The fraction of sp³-hybridized carbons (Fsp3) is 0.600. The van der Waals surface area contributed by atoms with Gasteiger partial charge in [0.05, 0.1) is 7.11 Å². The van der Waals surface area contributed by atoms with Crippen LogP contribution in [-0.4, -0.2) is 33.3 Å². The van der Waals surface area contributed by atoms with Crippen LogP contribution in [0.4, 0.5) is 5.69 Å². The van der Waals surface area contributed by atoms with E-state index in [1.165, 1.54) is 17.7 Å². The van der Waals surface area contributed by atoms with Crippen LogP contribution in [0.25, 0.3) is 0 Å². The first-order valence-corrected chi connectivity index (χ1v) is 6.79. The third kappa shape index (κ3) is 2.46. The third-order valence-electron chi connectivity index (χ3n) is 3.97. The molecule has 1 N–H and O–H groups in total. The molecule has 0 saturated carbocycles. The summed E-state index contributed by atoms with van der Waals surface area (Å²) < 4.78 is 5.35. The van der Waals surface area contributed by atoms with Gasteiger partial charge in [-0.1, -0.05) is 0 Å². The fourth-order valence-corrected chi connectivity index (χ4v) is 2.78. The van der Waals surface area contributed by atoms with Crippen molar-refractivity contribution in [1.82, 2.24) is 5.32 Å². The van der Waals surface area contributed by atoms with Gasteiger partial charge in [-0.2, -0.15) is 0 Å². The molecule has 0 aromatic heterocycles. The smallest absolute Gasteiger partial charge is 0.119 e. The highest BCUT2D eigenvalue weighted by Gasteiger charge is 2.28. The van der Waals surface area contributed by atoms with Gasteiger partial charge in [-0.25, -0.2) is 0 Å². The largest absolute Gasteiger partial charge is 0.497 e. The van der Waals surface area contributed by atoms with Crippen LogP contribution in [0.3, 0.4) is 0 Å². The van der Waals surface area contributed by atoms with Gasteiger partial charge in [0, 0.05) is 30.7 Å². The maximum atomic E-state index is 5.35. The molecule has 2 atom stereocenters. The van der Waals surface area contributed by atoms with Crippen molar-refractivity contribution in [3.63, 3.8) is 0 Å². The molecule has 2 unspecified atom stereocenters. The Morgan fingerprint density at radius 1 is 1.50 bits per heavy atom. The van der Waals surface area contributed by atoms with E-state index in [9.17, 15) is 0 Å². The van der Waals surface area contributed by atoms with Gasteiger partial charge in [0.1, 0.15) is 5.75 Å². The van der Waals surface area contributed by atoms with E-state index in [4.69, 9.17) is 4.74 Å². The summed E-state index contributed by atoms with van der Waals surface area (Å²) in [4.78, 5) is 2.46. The second-order valence-corrected chi connectivity index (χ2v) is 5.09. The average molecular weight is 248 g/mol. The lowest BCUT2D eigenvalue weighted by atomic mass is 9.94. The Kier molecular flexibility index (Phi) is 4.12. The molecule has 1 aromatic rings. The lowest BCUT2D eigenvalue weighted by Gasteiger charge is -2.18. The molecule has 1 aliphatic rings. The SMILES string of the molecule is CCN1CC(CC(C)NC)c2cc(OC)ccc21. The van der Waals surface area contributed by atoms with E-state index in [-0.39, 0.29) is 0 Å². The molecule has 3 nitrogen and oxygen atoms in total. The van der Waals surface area contributed by atoms with E-state index >= 15 is 0 Å². The van der Waals surface area contributed by atoms with Gasteiger partial charge in [-0.3, -0.25) is 0 Å². The van der Waals surface area contributed by atoms with Gasteiger partial charge >= 0.3 is 0 Å². The highest BCUT2D eigenvalue weighted by Crippen LogP contribution is 2.40. The van der Waals surface area contributed by atoms with Crippen LogP contribution in [0.5, 0.6) is 5.75 Å². The van der Waals surface area contributed by atoms with Crippen molar-refractivity contribution >= 4 is 5.69 Å². The van der Waals surface area contributed by atoms with Gasteiger partial charge < -0.3 is 15.0 Å². The molecule has 100 valence electrons. The second-order valence-electron chi connectivity index (χ2n) is 5.09. The number of nitrogens with zero attached hydrogens (tertiary/aromatic N) is 1. The second kappa shape index (κ2) is 5.61. The number of nitrogens with one attached hydrogen (secondary N) is 1. The summed E-state index contributed by atoms with van der Waals surface area (Å²) in [6, 6.07) is 7.01. The summed E-state index contributed by atoms with van der Waals surface area (Å²) in [5, 5.41) is 3.33. The number of ether oxygens (including phenoxy) is 1. The summed E-state index contributed by atoms with van der Waals surface area (Å²) >= 11 is 0. The number of methoxy groups -OCH3 is 1. The first kappa shape index (κ1) is 13.2. The van der Waals surface area contributed by atoms with Crippen LogP contribution in [0.2, 0.25) is 0 Å².